The Labute approximate surface area is 103 Å². The molecule has 2 fully saturated rings. The Morgan fingerprint density at radius 2 is 2.00 bits per heavy atom. The second-order valence-electron chi connectivity index (χ2n) is 5.12. The molecule has 1 aliphatic heterocycles. The van der Waals surface area contributed by atoms with Gasteiger partial charge in [0.2, 0.25) is 0 Å². The largest absolute Gasteiger partial charge is 0.399 e. The lowest BCUT2D eigenvalue weighted by Gasteiger charge is -2.32. The molecule has 2 aliphatic rings. The molecule has 3 rings (SSSR count). The molecule has 0 spiro atoms. The molecule has 0 unspecified atom stereocenters. The summed E-state index contributed by atoms with van der Waals surface area (Å²) in [6, 6.07) is 8.92. The van der Waals surface area contributed by atoms with Crippen LogP contribution in [0.1, 0.15) is 19.3 Å². The minimum atomic E-state index is 0.668. The predicted molar refractivity (Wildman–Crippen MR) is 70.1 cm³/mol. The zero-order valence-electron chi connectivity index (χ0n) is 10.1. The van der Waals surface area contributed by atoms with Gasteiger partial charge in [-0.3, -0.25) is 0 Å². The Morgan fingerprint density at radius 1 is 1.18 bits per heavy atom. The van der Waals surface area contributed by atoms with E-state index in [1.165, 1.54) is 24.9 Å². The van der Waals surface area contributed by atoms with Crippen molar-refractivity contribution in [3.8, 4) is 0 Å². The highest BCUT2D eigenvalue weighted by atomic mass is 16.5. The third kappa shape index (κ3) is 2.12. The molecular formula is C14H20N2O. The van der Waals surface area contributed by atoms with Crippen molar-refractivity contribution < 1.29 is 4.74 Å². The van der Waals surface area contributed by atoms with E-state index in [9.17, 15) is 0 Å². The molecule has 17 heavy (non-hydrogen) atoms. The van der Waals surface area contributed by atoms with Gasteiger partial charge in [0.1, 0.15) is 0 Å². The highest BCUT2D eigenvalue weighted by Crippen LogP contribution is 2.34. The van der Waals surface area contributed by atoms with Crippen LogP contribution in [0, 0.1) is 5.92 Å². The van der Waals surface area contributed by atoms with E-state index in [2.05, 4.69) is 17.0 Å². The quantitative estimate of drug-likeness (QED) is 0.755. The minimum absolute atomic E-state index is 0.668. The molecule has 92 valence electrons. The molecule has 1 saturated carbocycles. The van der Waals surface area contributed by atoms with Gasteiger partial charge in [0.25, 0.3) is 0 Å². The third-order valence-corrected chi connectivity index (χ3v) is 4.05. The molecule has 1 aliphatic carbocycles. The Balaban J connectivity index is 1.86. The van der Waals surface area contributed by atoms with Gasteiger partial charge in [0.05, 0.1) is 13.2 Å². The average molecular weight is 232 g/mol. The van der Waals surface area contributed by atoms with Gasteiger partial charge < -0.3 is 15.4 Å². The zero-order valence-corrected chi connectivity index (χ0v) is 10.1. The minimum Gasteiger partial charge on any atom is -0.399 e. The summed E-state index contributed by atoms with van der Waals surface area (Å²) in [6.07, 6.45) is 3.96. The number of nitrogens with zero attached hydrogens (tertiary/aromatic N) is 1. The van der Waals surface area contributed by atoms with Crippen LogP contribution in [0.3, 0.4) is 0 Å². The topological polar surface area (TPSA) is 38.5 Å². The summed E-state index contributed by atoms with van der Waals surface area (Å²) in [5.41, 5.74) is 7.88. The number of nitrogens with two attached hydrogens (primary N) is 1. The van der Waals surface area contributed by atoms with Crippen LogP contribution >= 0.6 is 0 Å². The van der Waals surface area contributed by atoms with Crippen molar-refractivity contribution in [2.75, 3.05) is 30.4 Å². The molecule has 1 heterocycles. The first-order chi connectivity index (χ1) is 8.34. The first kappa shape index (κ1) is 10.9. The number of ether oxygens (including phenoxy) is 1. The molecule has 1 saturated heterocycles. The van der Waals surface area contributed by atoms with Gasteiger partial charge in [0, 0.05) is 29.9 Å². The number of fused-ring (bicyclic) bond motifs is 1. The summed E-state index contributed by atoms with van der Waals surface area (Å²) in [4.78, 5) is 2.52. The second kappa shape index (κ2) is 4.57. The lowest BCUT2D eigenvalue weighted by molar-refractivity contribution is 0.121. The fraction of sp³-hybridized carbons (Fsp3) is 0.571. The second-order valence-corrected chi connectivity index (χ2v) is 5.12. The van der Waals surface area contributed by atoms with Crippen molar-refractivity contribution in [2.24, 2.45) is 5.92 Å². The fourth-order valence-electron chi connectivity index (χ4n) is 3.17. The predicted octanol–water partition coefficient (Wildman–Crippen LogP) is 2.27. The highest BCUT2D eigenvalue weighted by Gasteiger charge is 2.34. The normalized spacial score (nSPS) is 28.8. The van der Waals surface area contributed by atoms with Crippen LogP contribution in [-0.4, -0.2) is 25.8 Å². The lowest BCUT2D eigenvalue weighted by atomic mass is 10.0. The van der Waals surface area contributed by atoms with Crippen LogP contribution in [0.5, 0.6) is 0 Å². The van der Waals surface area contributed by atoms with E-state index in [0.717, 1.165) is 31.4 Å². The van der Waals surface area contributed by atoms with Crippen molar-refractivity contribution >= 4 is 11.4 Å². The summed E-state index contributed by atoms with van der Waals surface area (Å²) in [6.45, 7) is 2.79. The number of hydrogen-bond acceptors (Lipinski definition) is 3. The molecule has 0 amide bonds. The van der Waals surface area contributed by atoms with Gasteiger partial charge in [-0.15, -0.1) is 0 Å². The monoisotopic (exact) mass is 232 g/mol. The maximum Gasteiger partial charge on any atom is 0.0641 e. The van der Waals surface area contributed by atoms with Gasteiger partial charge in [-0.1, -0.05) is 6.42 Å². The van der Waals surface area contributed by atoms with E-state index in [1.54, 1.807) is 0 Å². The van der Waals surface area contributed by atoms with Crippen LogP contribution in [0.15, 0.2) is 24.3 Å². The summed E-state index contributed by atoms with van der Waals surface area (Å²) >= 11 is 0. The van der Waals surface area contributed by atoms with Gasteiger partial charge >= 0.3 is 0 Å². The molecular weight excluding hydrogens is 212 g/mol. The summed E-state index contributed by atoms with van der Waals surface area (Å²) in [5.74, 6) is 0.718. The molecule has 1 aromatic rings. The van der Waals surface area contributed by atoms with Gasteiger partial charge in [-0.2, -0.15) is 0 Å². The molecule has 3 heteroatoms. The maximum atomic E-state index is 5.75. The van der Waals surface area contributed by atoms with Crippen LogP contribution in [0.25, 0.3) is 0 Å². The van der Waals surface area contributed by atoms with E-state index in [-0.39, 0.29) is 0 Å². The van der Waals surface area contributed by atoms with Crippen molar-refractivity contribution in [1.82, 2.24) is 0 Å². The standard InChI is InChI=1S/C14H20N2O/c15-12-4-6-13(7-5-12)16-8-9-17-10-11-2-1-3-14(11)16/h4-7,11,14H,1-3,8-10,15H2/t11-,14-/m0/s1. The number of rotatable bonds is 1. The Kier molecular flexibility index (Phi) is 2.93. The number of hydrogen-bond donors (Lipinski definition) is 1. The average Bonchev–Trinajstić information content (AvgIpc) is 2.71. The molecule has 3 nitrogen and oxygen atoms in total. The molecule has 0 radical (unpaired) electrons. The number of anilines is 2. The lowest BCUT2D eigenvalue weighted by Crippen LogP contribution is -2.38. The Bertz CT molecular complexity index is 376. The van der Waals surface area contributed by atoms with Gasteiger partial charge in [-0.25, -0.2) is 0 Å². The third-order valence-electron chi connectivity index (χ3n) is 4.05. The molecule has 2 N–H and O–H groups in total. The highest BCUT2D eigenvalue weighted by molar-refractivity contribution is 5.54. The Morgan fingerprint density at radius 3 is 2.82 bits per heavy atom. The van der Waals surface area contributed by atoms with Crippen molar-refractivity contribution in [2.45, 2.75) is 25.3 Å². The summed E-state index contributed by atoms with van der Waals surface area (Å²) in [5, 5.41) is 0. The van der Waals surface area contributed by atoms with Gasteiger partial charge in [-0.05, 0) is 37.1 Å². The van der Waals surface area contributed by atoms with E-state index in [4.69, 9.17) is 10.5 Å². The maximum absolute atomic E-state index is 5.75. The van der Waals surface area contributed by atoms with E-state index in [1.807, 2.05) is 12.1 Å². The SMILES string of the molecule is Nc1ccc(N2CCOC[C@@H]3CCC[C@@H]32)cc1. The van der Waals surface area contributed by atoms with E-state index < -0.39 is 0 Å². The zero-order chi connectivity index (χ0) is 11.7. The molecule has 0 aromatic heterocycles. The van der Waals surface area contributed by atoms with Crippen LogP contribution in [-0.2, 0) is 4.74 Å². The van der Waals surface area contributed by atoms with Crippen molar-refractivity contribution in [3.05, 3.63) is 24.3 Å². The first-order valence-electron chi connectivity index (χ1n) is 6.54. The smallest absolute Gasteiger partial charge is 0.0641 e. The summed E-state index contributed by atoms with van der Waals surface area (Å²) in [7, 11) is 0. The van der Waals surface area contributed by atoms with Crippen LogP contribution < -0.4 is 10.6 Å². The Hall–Kier alpha value is -1.22. The number of benzene rings is 1. The van der Waals surface area contributed by atoms with Crippen LogP contribution in [0.4, 0.5) is 11.4 Å². The first-order valence-corrected chi connectivity index (χ1v) is 6.54. The van der Waals surface area contributed by atoms with E-state index >= 15 is 0 Å². The molecule has 1 aromatic carbocycles. The molecule has 0 bridgehead atoms. The molecule has 2 atom stereocenters. The fourth-order valence-corrected chi connectivity index (χ4v) is 3.17. The van der Waals surface area contributed by atoms with Crippen molar-refractivity contribution in [3.63, 3.8) is 0 Å². The van der Waals surface area contributed by atoms with Gasteiger partial charge in [0.15, 0.2) is 0 Å². The summed E-state index contributed by atoms with van der Waals surface area (Å²) < 4.78 is 5.72. The number of nitrogen functional groups attached to an aromatic ring is 1. The van der Waals surface area contributed by atoms with Crippen LogP contribution in [0.2, 0.25) is 0 Å². The van der Waals surface area contributed by atoms with E-state index in [0.29, 0.717) is 6.04 Å². The van der Waals surface area contributed by atoms with Crippen molar-refractivity contribution in [1.29, 1.82) is 0 Å².